The summed E-state index contributed by atoms with van der Waals surface area (Å²) >= 11 is 0. The monoisotopic (exact) mass is 183 g/mol. The number of aromatic hydroxyl groups is 1. The maximum atomic E-state index is 10.5. The molecule has 0 aliphatic rings. The molecule has 0 aromatic carbocycles. The molecule has 1 heterocycles. The van der Waals surface area contributed by atoms with E-state index in [0.717, 1.165) is 0 Å². The maximum Gasteiger partial charge on any atom is 0.358 e. The number of pyridine rings is 1. The standard InChI is InChI=1S/C8H9NO4/c1-13-4-5-2-3-9-6(7(5)10)8(11)12/h2-3,10H,4H2,1H3,(H,11,12). The molecular weight excluding hydrogens is 174 g/mol. The zero-order valence-corrected chi connectivity index (χ0v) is 7.02. The van der Waals surface area contributed by atoms with Crippen LogP contribution in [0.1, 0.15) is 16.1 Å². The lowest BCUT2D eigenvalue weighted by Gasteiger charge is -2.04. The van der Waals surface area contributed by atoms with Crippen LogP contribution >= 0.6 is 0 Å². The van der Waals surface area contributed by atoms with Gasteiger partial charge >= 0.3 is 5.97 Å². The molecule has 0 aliphatic carbocycles. The Morgan fingerprint density at radius 2 is 2.38 bits per heavy atom. The fourth-order valence-electron chi connectivity index (χ4n) is 0.922. The van der Waals surface area contributed by atoms with E-state index in [-0.39, 0.29) is 18.1 Å². The second-order valence-electron chi connectivity index (χ2n) is 2.41. The highest BCUT2D eigenvalue weighted by atomic mass is 16.5. The summed E-state index contributed by atoms with van der Waals surface area (Å²) in [6.07, 6.45) is 1.32. The number of ether oxygens (including phenoxy) is 1. The summed E-state index contributed by atoms with van der Waals surface area (Å²) in [5.41, 5.74) is 0.0597. The van der Waals surface area contributed by atoms with Crippen LogP contribution in [0.25, 0.3) is 0 Å². The molecule has 0 atom stereocenters. The number of hydrogen-bond acceptors (Lipinski definition) is 4. The quantitative estimate of drug-likeness (QED) is 0.718. The predicted molar refractivity (Wildman–Crippen MR) is 43.6 cm³/mol. The van der Waals surface area contributed by atoms with Crippen LogP contribution in [0.2, 0.25) is 0 Å². The number of carbonyl (C=O) groups is 1. The number of aromatic carboxylic acids is 1. The fourth-order valence-corrected chi connectivity index (χ4v) is 0.922. The lowest BCUT2D eigenvalue weighted by atomic mass is 10.2. The fraction of sp³-hybridized carbons (Fsp3) is 0.250. The normalized spacial score (nSPS) is 9.92. The molecule has 2 N–H and O–H groups in total. The molecule has 0 amide bonds. The van der Waals surface area contributed by atoms with Gasteiger partial charge in [0, 0.05) is 18.9 Å². The Labute approximate surface area is 74.6 Å². The Kier molecular flexibility index (Phi) is 2.81. The third-order valence-electron chi connectivity index (χ3n) is 1.51. The van der Waals surface area contributed by atoms with E-state index in [2.05, 4.69) is 4.98 Å². The largest absolute Gasteiger partial charge is 0.505 e. The van der Waals surface area contributed by atoms with Gasteiger partial charge in [0.1, 0.15) is 0 Å². The first kappa shape index (κ1) is 9.47. The second-order valence-corrected chi connectivity index (χ2v) is 2.41. The van der Waals surface area contributed by atoms with Crippen molar-refractivity contribution in [3.8, 4) is 5.75 Å². The van der Waals surface area contributed by atoms with E-state index in [1.165, 1.54) is 19.4 Å². The van der Waals surface area contributed by atoms with Gasteiger partial charge in [0.2, 0.25) is 0 Å². The summed E-state index contributed by atoms with van der Waals surface area (Å²) in [5, 5.41) is 18.0. The van der Waals surface area contributed by atoms with E-state index in [0.29, 0.717) is 5.56 Å². The minimum Gasteiger partial charge on any atom is -0.505 e. The van der Waals surface area contributed by atoms with Crippen molar-refractivity contribution in [3.05, 3.63) is 23.5 Å². The summed E-state index contributed by atoms with van der Waals surface area (Å²) in [7, 11) is 1.46. The Balaban J connectivity index is 3.10. The average Bonchev–Trinajstić information content (AvgIpc) is 2.08. The molecule has 0 fully saturated rings. The number of hydrogen-bond donors (Lipinski definition) is 2. The van der Waals surface area contributed by atoms with Crippen LogP contribution in [0.5, 0.6) is 5.75 Å². The van der Waals surface area contributed by atoms with Crippen molar-refractivity contribution in [2.75, 3.05) is 7.11 Å². The summed E-state index contributed by atoms with van der Waals surface area (Å²) in [6, 6.07) is 1.51. The second kappa shape index (κ2) is 3.86. The van der Waals surface area contributed by atoms with Crippen molar-refractivity contribution in [1.82, 2.24) is 4.98 Å². The molecule has 5 nitrogen and oxygen atoms in total. The van der Waals surface area contributed by atoms with Gasteiger partial charge in [-0.05, 0) is 6.07 Å². The van der Waals surface area contributed by atoms with E-state index in [9.17, 15) is 9.90 Å². The number of rotatable bonds is 3. The van der Waals surface area contributed by atoms with Crippen molar-refractivity contribution < 1.29 is 19.7 Å². The van der Waals surface area contributed by atoms with Crippen LogP contribution in [-0.2, 0) is 11.3 Å². The van der Waals surface area contributed by atoms with Crippen molar-refractivity contribution in [2.24, 2.45) is 0 Å². The first-order chi connectivity index (χ1) is 6.16. The minimum atomic E-state index is -1.25. The molecule has 0 bridgehead atoms. The van der Waals surface area contributed by atoms with Gasteiger partial charge in [-0.3, -0.25) is 0 Å². The highest BCUT2D eigenvalue weighted by Gasteiger charge is 2.13. The number of carboxylic acids is 1. The number of aromatic nitrogens is 1. The van der Waals surface area contributed by atoms with Gasteiger partial charge in [-0.15, -0.1) is 0 Å². The van der Waals surface area contributed by atoms with E-state index in [1.54, 1.807) is 0 Å². The maximum absolute atomic E-state index is 10.5. The number of carboxylic acid groups (broad SMARTS) is 1. The molecule has 0 unspecified atom stereocenters. The Morgan fingerprint density at radius 1 is 1.69 bits per heavy atom. The molecule has 0 aliphatic heterocycles. The van der Waals surface area contributed by atoms with Crippen LogP contribution in [0, 0.1) is 0 Å². The molecule has 5 heteroatoms. The molecule has 0 saturated carbocycles. The van der Waals surface area contributed by atoms with Gasteiger partial charge < -0.3 is 14.9 Å². The van der Waals surface area contributed by atoms with Crippen LogP contribution in [0.3, 0.4) is 0 Å². The molecular formula is C8H9NO4. The summed E-state index contributed by atoms with van der Waals surface area (Å²) in [6.45, 7) is 0.161. The molecule has 70 valence electrons. The molecule has 0 saturated heterocycles. The van der Waals surface area contributed by atoms with Crippen molar-refractivity contribution in [1.29, 1.82) is 0 Å². The smallest absolute Gasteiger partial charge is 0.358 e. The van der Waals surface area contributed by atoms with Gasteiger partial charge in [-0.1, -0.05) is 0 Å². The first-order valence-electron chi connectivity index (χ1n) is 3.56. The lowest BCUT2D eigenvalue weighted by Crippen LogP contribution is -2.02. The highest BCUT2D eigenvalue weighted by molar-refractivity contribution is 5.88. The average molecular weight is 183 g/mol. The molecule has 13 heavy (non-hydrogen) atoms. The van der Waals surface area contributed by atoms with Crippen molar-refractivity contribution >= 4 is 5.97 Å². The Hall–Kier alpha value is -1.62. The lowest BCUT2D eigenvalue weighted by molar-refractivity contribution is 0.0686. The van der Waals surface area contributed by atoms with Gasteiger partial charge in [0.05, 0.1) is 6.61 Å². The van der Waals surface area contributed by atoms with Crippen molar-refractivity contribution in [3.63, 3.8) is 0 Å². The molecule has 1 rings (SSSR count). The number of nitrogens with zero attached hydrogens (tertiary/aromatic N) is 1. The van der Waals surface area contributed by atoms with E-state index < -0.39 is 5.97 Å². The third-order valence-corrected chi connectivity index (χ3v) is 1.51. The van der Waals surface area contributed by atoms with Crippen LogP contribution in [0.15, 0.2) is 12.3 Å². The third kappa shape index (κ3) is 1.94. The minimum absolute atomic E-state index is 0.161. The van der Waals surface area contributed by atoms with E-state index >= 15 is 0 Å². The van der Waals surface area contributed by atoms with Crippen LogP contribution < -0.4 is 0 Å². The predicted octanol–water partition coefficient (Wildman–Crippen LogP) is 0.632. The van der Waals surface area contributed by atoms with Gasteiger partial charge in [0.15, 0.2) is 11.4 Å². The summed E-state index contributed by atoms with van der Waals surface area (Å²) in [5.74, 6) is -1.59. The van der Waals surface area contributed by atoms with E-state index in [1.807, 2.05) is 0 Å². The molecule has 1 aromatic rings. The van der Waals surface area contributed by atoms with Gasteiger partial charge in [-0.25, -0.2) is 9.78 Å². The molecule has 0 radical (unpaired) electrons. The van der Waals surface area contributed by atoms with Gasteiger partial charge in [-0.2, -0.15) is 0 Å². The molecule has 1 aromatic heterocycles. The molecule has 0 spiro atoms. The Bertz CT molecular complexity index is 324. The van der Waals surface area contributed by atoms with E-state index in [4.69, 9.17) is 9.84 Å². The summed E-state index contributed by atoms with van der Waals surface area (Å²) in [4.78, 5) is 14.0. The van der Waals surface area contributed by atoms with Crippen LogP contribution in [-0.4, -0.2) is 28.3 Å². The SMILES string of the molecule is COCc1ccnc(C(=O)O)c1O. The topological polar surface area (TPSA) is 79.7 Å². The number of methoxy groups -OCH3 is 1. The first-order valence-corrected chi connectivity index (χ1v) is 3.56. The summed E-state index contributed by atoms with van der Waals surface area (Å²) < 4.78 is 4.76. The van der Waals surface area contributed by atoms with Gasteiger partial charge in [0.25, 0.3) is 0 Å². The zero-order valence-electron chi connectivity index (χ0n) is 7.02. The zero-order chi connectivity index (χ0) is 9.84. The Morgan fingerprint density at radius 3 is 2.92 bits per heavy atom. The van der Waals surface area contributed by atoms with Crippen LogP contribution in [0.4, 0.5) is 0 Å². The van der Waals surface area contributed by atoms with Crippen molar-refractivity contribution in [2.45, 2.75) is 6.61 Å². The highest BCUT2D eigenvalue weighted by Crippen LogP contribution is 2.20.